The molecule has 2 aliphatic heterocycles. The van der Waals surface area contributed by atoms with Crippen LogP contribution in [-0.4, -0.2) is 52.1 Å². The highest BCUT2D eigenvalue weighted by molar-refractivity contribution is 5.96. The second-order valence-corrected chi connectivity index (χ2v) is 4.84. The molecule has 2 fully saturated rings. The summed E-state index contributed by atoms with van der Waals surface area (Å²) in [5, 5.41) is 0. The summed E-state index contributed by atoms with van der Waals surface area (Å²) in [7, 11) is 1.84. The van der Waals surface area contributed by atoms with E-state index in [1.54, 1.807) is 17.0 Å². The minimum atomic E-state index is -0.342. The molecule has 2 aliphatic rings. The number of fused-ring (bicyclic) bond motifs is 1. The first-order valence-corrected chi connectivity index (χ1v) is 6.13. The number of aromatic nitrogens is 2. The number of Topliss-reactive ketones (excluding diaryl/α,β-unsaturated/α-hetero) is 1. The summed E-state index contributed by atoms with van der Waals surface area (Å²) in [6.45, 7) is 2.50. The van der Waals surface area contributed by atoms with E-state index in [4.69, 9.17) is 4.74 Å². The van der Waals surface area contributed by atoms with Crippen LogP contribution in [0.5, 0.6) is 0 Å². The average molecular weight is 235 g/mol. The number of nitrogens with zero attached hydrogens (tertiary/aromatic N) is 3. The fraction of sp³-hybridized carbons (Fsp3) is 0.667. The Morgan fingerprint density at radius 2 is 2.47 bits per heavy atom. The molecule has 2 saturated heterocycles. The number of rotatable bonds is 2. The molecule has 3 rings (SSSR count). The van der Waals surface area contributed by atoms with Gasteiger partial charge < -0.3 is 9.30 Å². The Labute approximate surface area is 100 Å². The molecule has 0 spiro atoms. The Morgan fingerprint density at radius 3 is 3.24 bits per heavy atom. The van der Waals surface area contributed by atoms with Crippen molar-refractivity contribution in [1.29, 1.82) is 0 Å². The summed E-state index contributed by atoms with van der Waals surface area (Å²) in [6.07, 6.45) is 5.51. The van der Waals surface area contributed by atoms with Gasteiger partial charge in [0.2, 0.25) is 5.78 Å². The summed E-state index contributed by atoms with van der Waals surface area (Å²) < 4.78 is 7.44. The van der Waals surface area contributed by atoms with E-state index in [9.17, 15) is 4.79 Å². The van der Waals surface area contributed by atoms with Crippen LogP contribution < -0.4 is 0 Å². The number of carbonyl (C=O) groups is 1. The topological polar surface area (TPSA) is 47.4 Å². The van der Waals surface area contributed by atoms with Gasteiger partial charge in [0.05, 0.1) is 6.61 Å². The van der Waals surface area contributed by atoms with Gasteiger partial charge in [-0.15, -0.1) is 0 Å². The number of ether oxygens (including phenoxy) is 1. The van der Waals surface area contributed by atoms with Crippen LogP contribution in [0.2, 0.25) is 0 Å². The molecule has 0 radical (unpaired) electrons. The van der Waals surface area contributed by atoms with E-state index in [0.29, 0.717) is 18.5 Å². The summed E-state index contributed by atoms with van der Waals surface area (Å²) in [5.41, 5.74) is 0. The zero-order valence-corrected chi connectivity index (χ0v) is 10.0. The van der Waals surface area contributed by atoms with Gasteiger partial charge in [-0.2, -0.15) is 0 Å². The summed E-state index contributed by atoms with van der Waals surface area (Å²) >= 11 is 0. The molecular weight excluding hydrogens is 218 g/mol. The third-order valence-electron chi connectivity index (χ3n) is 3.72. The largest absolute Gasteiger partial charge is 0.367 e. The first-order chi connectivity index (χ1) is 8.25. The molecule has 0 aliphatic carbocycles. The van der Waals surface area contributed by atoms with Crippen LogP contribution in [0.15, 0.2) is 12.4 Å². The normalized spacial score (nSPS) is 29.2. The van der Waals surface area contributed by atoms with Gasteiger partial charge in [0, 0.05) is 32.0 Å². The second-order valence-electron chi connectivity index (χ2n) is 4.84. The molecular formula is C12H17N3O2. The van der Waals surface area contributed by atoms with Gasteiger partial charge in [0.15, 0.2) is 5.82 Å². The molecule has 2 atom stereocenters. The van der Waals surface area contributed by atoms with Crippen molar-refractivity contribution in [2.24, 2.45) is 7.05 Å². The highest BCUT2D eigenvalue weighted by Gasteiger charge is 2.36. The molecule has 0 N–H and O–H groups in total. The molecule has 1 aromatic heterocycles. The lowest BCUT2D eigenvalue weighted by molar-refractivity contribution is -0.0350. The lowest BCUT2D eigenvalue weighted by Gasteiger charge is -2.34. The van der Waals surface area contributed by atoms with Crippen LogP contribution in [0.25, 0.3) is 0 Å². The first-order valence-electron chi connectivity index (χ1n) is 6.13. The first kappa shape index (κ1) is 10.9. The minimum Gasteiger partial charge on any atom is -0.367 e. The van der Waals surface area contributed by atoms with E-state index in [1.807, 2.05) is 7.05 Å². The molecule has 92 valence electrons. The number of carbonyl (C=O) groups excluding carboxylic acids is 1. The van der Waals surface area contributed by atoms with Crippen molar-refractivity contribution in [3.05, 3.63) is 18.2 Å². The molecule has 2 unspecified atom stereocenters. The molecule has 0 bridgehead atoms. The molecule has 0 saturated carbocycles. The van der Waals surface area contributed by atoms with Gasteiger partial charge in [-0.1, -0.05) is 0 Å². The average Bonchev–Trinajstić information content (AvgIpc) is 2.95. The van der Waals surface area contributed by atoms with Crippen LogP contribution in [0, 0.1) is 0 Å². The predicted octanol–water partition coefficient (Wildman–Crippen LogP) is 0.466. The summed E-state index contributed by atoms with van der Waals surface area (Å²) in [6, 6.07) is 0.528. The number of hydrogen-bond donors (Lipinski definition) is 0. The Hall–Kier alpha value is -1.20. The van der Waals surface area contributed by atoms with Crippen LogP contribution in [0.4, 0.5) is 0 Å². The van der Waals surface area contributed by atoms with Gasteiger partial charge >= 0.3 is 0 Å². The number of hydrogen-bond acceptors (Lipinski definition) is 4. The van der Waals surface area contributed by atoms with Gasteiger partial charge in [-0.3, -0.25) is 9.69 Å². The van der Waals surface area contributed by atoms with Crippen molar-refractivity contribution in [3.63, 3.8) is 0 Å². The van der Waals surface area contributed by atoms with E-state index in [1.165, 1.54) is 12.8 Å². The monoisotopic (exact) mass is 235 g/mol. The maximum absolute atomic E-state index is 12.2. The smallest absolute Gasteiger partial charge is 0.228 e. The Bertz CT molecular complexity index is 429. The maximum Gasteiger partial charge on any atom is 0.228 e. The third kappa shape index (κ3) is 1.89. The number of aryl methyl sites for hydroxylation is 1. The van der Waals surface area contributed by atoms with Crippen molar-refractivity contribution in [3.8, 4) is 0 Å². The third-order valence-corrected chi connectivity index (χ3v) is 3.72. The molecule has 0 amide bonds. The lowest BCUT2D eigenvalue weighted by atomic mass is 10.1. The van der Waals surface area contributed by atoms with E-state index in [2.05, 4.69) is 9.88 Å². The number of morpholine rings is 1. The molecule has 5 heteroatoms. The quantitative estimate of drug-likeness (QED) is 0.699. The molecule has 3 heterocycles. The van der Waals surface area contributed by atoms with Crippen molar-refractivity contribution >= 4 is 5.78 Å². The second kappa shape index (κ2) is 4.23. The Kier molecular flexibility index (Phi) is 2.72. The summed E-state index contributed by atoms with van der Waals surface area (Å²) in [4.78, 5) is 18.7. The van der Waals surface area contributed by atoms with E-state index >= 15 is 0 Å². The van der Waals surface area contributed by atoms with Crippen molar-refractivity contribution < 1.29 is 9.53 Å². The van der Waals surface area contributed by atoms with E-state index < -0.39 is 0 Å². The van der Waals surface area contributed by atoms with E-state index in [-0.39, 0.29) is 11.9 Å². The predicted molar refractivity (Wildman–Crippen MR) is 61.9 cm³/mol. The standard InChI is InChI=1S/C12H17N3O2/c1-14-6-4-13-12(14)11(16)10-7-15-5-2-3-9(15)8-17-10/h4,6,9-10H,2-3,5,7-8H2,1H3. The molecule has 5 nitrogen and oxygen atoms in total. The Morgan fingerprint density at radius 1 is 1.59 bits per heavy atom. The van der Waals surface area contributed by atoms with Gasteiger partial charge in [0.1, 0.15) is 6.10 Å². The SMILES string of the molecule is Cn1ccnc1C(=O)C1CN2CCCC2CO1. The van der Waals surface area contributed by atoms with Gasteiger partial charge in [-0.05, 0) is 19.4 Å². The van der Waals surface area contributed by atoms with Gasteiger partial charge in [0.25, 0.3) is 0 Å². The fourth-order valence-electron chi connectivity index (χ4n) is 2.72. The van der Waals surface area contributed by atoms with Gasteiger partial charge in [-0.25, -0.2) is 4.98 Å². The highest BCUT2D eigenvalue weighted by Crippen LogP contribution is 2.23. The molecule has 17 heavy (non-hydrogen) atoms. The lowest BCUT2D eigenvalue weighted by Crippen LogP contribution is -2.49. The fourth-order valence-corrected chi connectivity index (χ4v) is 2.72. The molecule has 0 aromatic carbocycles. The zero-order valence-electron chi connectivity index (χ0n) is 10.0. The van der Waals surface area contributed by atoms with Crippen LogP contribution >= 0.6 is 0 Å². The van der Waals surface area contributed by atoms with Crippen molar-refractivity contribution in [2.75, 3.05) is 19.7 Å². The number of imidazole rings is 1. The maximum atomic E-state index is 12.2. The summed E-state index contributed by atoms with van der Waals surface area (Å²) in [5.74, 6) is 0.496. The molecule has 1 aromatic rings. The van der Waals surface area contributed by atoms with Crippen LogP contribution in [0.3, 0.4) is 0 Å². The number of ketones is 1. The van der Waals surface area contributed by atoms with Crippen LogP contribution in [0.1, 0.15) is 23.5 Å². The Balaban J connectivity index is 1.73. The van der Waals surface area contributed by atoms with Crippen molar-refractivity contribution in [2.45, 2.75) is 25.0 Å². The minimum absolute atomic E-state index is 0.00264. The van der Waals surface area contributed by atoms with E-state index in [0.717, 1.165) is 13.1 Å². The van der Waals surface area contributed by atoms with Crippen molar-refractivity contribution in [1.82, 2.24) is 14.5 Å². The van der Waals surface area contributed by atoms with Crippen LogP contribution in [-0.2, 0) is 11.8 Å². The zero-order chi connectivity index (χ0) is 11.8. The highest BCUT2D eigenvalue weighted by atomic mass is 16.5.